The van der Waals surface area contributed by atoms with Crippen molar-refractivity contribution in [1.82, 2.24) is 10.3 Å². The van der Waals surface area contributed by atoms with Gasteiger partial charge < -0.3 is 15.0 Å². The predicted molar refractivity (Wildman–Crippen MR) is 97.5 cm³/mol. The molecule has 0 radical (unpaired) electrons. The zero-order valence-electron chi connectivity index (χ0n) is 14.9. The fraction of sp³-hybridized carbons (Fsp3) is 0.450. The number of hydrogen-bond acceptors (Lipinski definition) is 2. The molecule has 1 aliphatic rings. The number of H-pyrrole nitrogens is 1. The van der Waals surface area contributed by atoms with Gasteiger partial charge in [0.25, 0.3) is 5.91 Å². The summed E-state index contributed by atoms with van der Waals surface area (Å²) in [5, 5.41) is 4.22. The second-order valence-corrected chi connectivity index (χ2v) is 7.44. The summed E-state index contributed by atoms with van der Waals surface area (Å²) in [5.74, 6) is 0.753. The third-order valence-corrected chi connectivity index (χ3v) is 5.13. The van der Waals surface area contributed by atoms with Crippen LogP contribution in [-0.4, -0.2) is 24.0 Å². The van der Waals surface area contributed by atoms with Crippen molar-refractivity contribution >= 4 is 16.8 Å². The summed E-state index contributed by atoms with van der Waals surface area (Å²) < 4.78 is 5.24. The fourth-order valence-electron chi connectivity index (χ4n) is 3.31. The van der Waals surface area contributed by atoms with E-state index in [1.165, 1.54) is 5.57 Å². The number of amides is 1. The number of fused-ring (bicyclic) bond motifs is 1. The Kier molecular flexibility index (Phi) is 4.39. The van der Waals surface area contributed by atoms with Crippen molar-refractivity contribution in [3.8, 4) is 5.75 Å². The lowest BCUT2D eigenvalue weighted by Gasteiger charge is -2.33. The lowest BCUT2D eigenvalue weighted by molar-refractivity contribution is 0.0888. The molecule has 1 heterocycles. The maximum atomic E-state index is 12.7. The molecule has 4 heteroatoms. The summed E-state index contributed by atoms with van der Waals surface area (Å²) in [6.07, 6.45) is 5.32. The number of benzene rings is 1. The molecule has 1 aliphatic carbocycles. The van der Waals surface area contributed by atoms with Gasteiger partial charge in [0.1, 0.15) is 11.4 Å². The largest absolute Gasteiger partial charge is 0.497 e. The smallest absolute Gasteiger partial charge is 0.267 e. The van der Waals surface area contributed by atoms with Gasteiger partial charge in [-0.15, -0.1) is 0 Å². The van der Waals surface area contributed by atoms with Crippen molar-refractivity contribution in [2.45, 2.75) is 46.1 Å². The molecule has 2 aromatic rings. The number of aromatic nitrogens is 1. The van der Waals surface area contributed by atoms with Gasteiger partial charge in [0.15, 0.2) is 0 Å². The summed E-state index contributed by atoms with van der Waals surface area (Å²) in [7, 11) is 1.64. The van der Waals surface area contributed by atoms with E-state index >= 15 is 0 Å². The van der Waals surface area contributed by atoms with Gasteiger partial charge in [0.2, 0.25) is 0 Å². The molecule has 0 aliphatic heterocycles. The lowest BCUT2D eigenvalue weighted by atomic mass is 9.80. The number of nitrogens with one attached hydrogen (secondary N) is 2. The van der Waals surface area contributed by atoms with Gasteiger partial charge >= 0.3 is 0 Å². The number of methoxy groups -OCH3 is 1. The van der Waals surface area contributed by atoms with E-state index in [1.54, 1.807) is 7.11 Å². The van der Waals surface area contributed by atoms with Gasteiger partial charge in [0, 0.05) is 16.9 Å². The highest BCUT2D eigenvalue weighted by atomic mass is 16.5. The van der Waals surface area contributed by atoms with Gasteiger partial charge in [-0.25, -0.2) is 0 Å². The Hall–Kier alpha value is -2.23. The average molecular weight is 326 g/mol. The third kappa shape index (κ3) is 3.32. The van der Waals surface area contributed by atoms with E-state index in [0.29, 0.717) is 5.69 Å². The van der Waals surface area contributed by atoms with Crippen LogP contribution >= 0.6 is 0 Å². The van der Waals surface area contributed by atoms with Crippen molar-refractivity contribution < 1.29 is 9.53 Å². The minimum atomic E-state index is -0.0391. The summed E-state index contributed by atoms with van der Waals surface area (Å²) in [5.41, 5.74) is 3.02. The zero-order chi connectivity index (χ0) is 17.3. The highest BCUT2D eigenvalue weighted by Crippen LogP contribution is 2.33. The predicted octanol–water partition coefficient (Wildman–Crippen LogP) is 4.43. The number of carbonyl (C=O) groups excluding carboxylic acids is 1. The van der Waals surface area contributed by atoms with Gasteiger partial charge in [0.05, 0.1) is 7.11 Å². The van der Waals surface area contributed by atoms with Crippen LogP contribution in [0.4, 0.5) is 0 Å². The summed E-state index contributed by atoms with van der Waals surface area (Å²) in [4.78, 5) is 15.9. The summed E-state index contributed by atoms with van der Waals surface area (Å²) in [6, 6.07) is 7.82. The molecule has 0 saturated heterocycles. The van der Waals surface area contributed by atoms with Crippen molar-refractivity contribution in [3.05, 3.63) is 41.6 Å². The van der Waals surface area contributed by atoms with Crippen molar-refractivity contribution in [2.75, 3.05) is 7.11 Å². The average Bonchev–Trinajstić information content (AvgIpc) is 2.94. The molecular formula is C20H26N2O2. The van der Waals surface area contributed by atoms with Crippen LogP contribution in [-0.2, 0) is 0 Å². The second-order valence-electron chi connectivity index (χ2n) is 7.44. The van der Waals surface area contributed by atoms with Crippen LogP contribution in [0.1, 0.15) is 50.5 Å². The van der Waals surface area contributed by atoms with E-state index in [0.717, 1.165) is 35.9 Å². The minimum Gasteiger partial charge on any atom is -0.497 e. The Morgan fingerprint density at radius 1 is 1.33 bits per heavy atom. The van der Waals surface area contributed by atoms with Crippen LogP contribution in [0.3, 0.4) is 0 Å². The standard InChI is InChI=1S/C20H26N2O2/c1-13-5-8-18(20(2,3)10-9-13)22-19(23)17-12-14-11-15(24-4)6-7-16(14)21-17/h6-7,9,11-12,18,21H,5,8,10H2,1-4H3,(H,22,23). The second kappa shape index (κ2) is 6.34. The lowest BCUT2D eigenvalue weighted by Crippen LogP contribution is -2.44. The van der Waals surface area contributed by atoms with E-state index in [4.69, 9.17) is 4.74 Å². The maximum Gasteiger partial charge on any atom is 0.267 e. The van der Waals surface area contributed by atoms with Crippen LogP contribution < -0.4 is 10.1 Å². The Labute approximate surface area is 143 Å². The Bertz CT molecular complexity index is 786. The quantitative estimate of drug-likeness (QED) is 0.820. The molecule has 0 spiro atoms. The third-order valence-electron chi connectivity index (χ3n) is 5.13. The number of hydrogen-bond donors (Lipinski definition) is 2. The SMILES string of the molecule is COc1ccc2[nH]c(C(=O)NC3CCC(C)=CCC3(C)C)cc2c1. The van der Waals surface area contributed by atoms with Crippen molar-refractivity contribution in [3.63, 3.8) is 0 Å². The number of ether oxygens (including phenoxy) is 1. The van der Waals surface area contributed by atoms with E-state index in [-0.39, 0.29) is 17.4 Å². The highest BCUT2D eigenvalue weighted by molar-refractivity contribution is 5.98. The number of carbonyl (C=O) groups is 1. The van der Waals surface area contributed by atoms with E-state index in [9.17, 15) is 4.79 Å². The van der Waals surface area contributed by atoms with Crippen LogP contribution in [0.2, 0.25) is 0 Å². The van der Waals surface area contributed by atoms with E-state index in [1.807, 2.05) is 24.3 Å². The number of allylic oxidation sites excluding steroid dienone is 2. The molecule has 1 amide bonds. The molecule has 0 fully saturated rings. The Morgan fingerprint density at radius 3 is 2.88 bits per heavy atom. The first-order chi connectivity index (χ1) is 11.4. The summed E-state index contributed by atoms with van der Waals surface area (Å²) in [6.45, 7) is 6.62. The molecule has 4 nitrogen and oxygen atoms in total. The first-order valence-corrected chi connectivity index (χ1v) is 8.52. The minimum absolute atomic E-state index is 0.0391. The van der Waals surface area contributed by atoms with E-state index in [2.05, 4.69) is 37.1 Å². The molecular weight excluding hydrogens is 300 g/mol. The normalized spacial score (nSPS) is 20.3. The molecule has 1 aromatic heterocycles. The molecule has 0 bridgehead atoms. The molecule has 128 valence electrons. The highest BCUT2D eigenvalue weighted by Gasteiger charge is 2.31. The van der Waals surface area contributed by atoms with Gasteiger partial charge in [-0.2, -0.15) is 0 Å². The Balaban J connectivity index is 1.79. The topological polar surface area (TPSA) is 54.1 Å². The van der Waals surface area contributed by atoms with Crippen LogP contribution in [0, 0.1) is 5.41 Å². The van der Waals surface area contributed by atoms with Crippen LogP contribution in [0.5, 0.6) is 5.75 Å². The molecule has 1 aromatic carbocycles. The molecule has 3 rings (SSSR count). The summed E-state index contributed by atoms with van der Waals surface area (Å²) >= 11 is 0. The van der Waals surface area contributed by atoms with Crippen LogP contribution in [0.25, 0.3) is 10.9 Å². The first-order valence-electron chi connectivity index (χ1n) is 8.52. The van der Waals surface area contributed by atoms with Crippen molar-refractivity contribution in [2.24, 2.45) is 5.41 Å². The van der Waals surface area contributed by atoms with Crippen molar-refractivity contribution in [1.29, 1.82) is 0 Å². The number of aromatic amines is 1. The molecule has 24 heavy (non-hydrogen) atoms. The number of rotatable bonds is 3. The zero-order valence-corrected chi connectivity index (χ0v) is 14.9. The molecule has 1 atom stereocenters. The molecule has 0 saturated carbocycles. The fourth-order valence-corrected chi connectivity index (χ4v) is 3.31. The molecule has 1 unspecified atom stereocenters. The van der Waals surface area contributed by atoms with Gasteiger partial charge in [-0.1, -0.05) is 25.5 Å². The van der Waals surface area contributed by atoms with Gasteiger partial charge in [-0.3, -0.25) is 4.79 Å². The van der Waals surface area contributed by atoms with Crippen LogP contribution in [0.15, 0.2) is 35.9 Å². The van der Waals surface area contributed by atoms with Gasteiger partial charge in [-0.05, 0) is 55.9 Å². The van der Waals surface area contributed by atoms with E-state index < -0.39 is 0 Å². The Morgan fingerprint density at radius 2 is 2.12 bits per heavy atom. The molecule has 2 N–H and O–H groups in total. The maximum absolute atomic E-state index is 12.7. The monoisotopic (exact) mass is 326 g/mol. The first kappa shape index (κ1) is 16.6.